The molecule has 22 heavy (non-hydrogen) atoms. The van der Waals surface area contributed by atoms with E-state index in [0.717, 1.165) is 38.1 Å². The summed E-state index contributed by atoms with van der Waals surface area (Å²) >= 11 is 0. The largest absolute Gasteiger partial charge is 0.339 e. The molecular formula is C15H19N5O2. The first-order valence-electron chi connectivity index (χ1n) is 7.90. The van der Waals surface area contributed by atoms with E-state index < -0.39 is 0 Å². The molecule has 1 saturated carbocycles. The van der Waals surface area contributed by atoms with Gasteiger partial charge in [-0.15, -0.1) is 0 Å². The molecule has 1 amide bonds. The van der Waals surface area contributed by atoms with Gasteiger partial charge >= 0.3 is 0 Å². The fraction of sp³-hybridized carbons (Fsp3) is 0.600. The van der Waals surface area contributed by atoms with Gasteiger partial charge in [0.2, 0.25) is 11.8 Å². The predicted molar refractivity (Wildman–Crippen MR) is 76.8 cm³/mol. The summed E-state index contributed by atoms with van der Waals surface area (Å²) in [7, 11) is 0. The van der Waals surface area contributed by atoms with Gasteiger partial charge in [0, 0.05) is 37.8 Å². The van der Waals surface area contributed by atoms with Gasteiger partial charge < -0.3 is 14.0 Å². The van der Waals surface area contributed by atoms with E-state index in [-0.39, 0.29) is 11.9 Å². The van der Waals surface area contributed by atoms with Crippen molar-refractivity contribution in [1.82, 2.24) is 24.6 Å². The Labute approximate surface area is 128 Å². The second kappa shape index (κ2) is 5.55. The van der Waals surface area contributed by atoms with Gasteiger partial charge in [0.05, 0.1) is 12.4 Å². The molecule has 0 bridgehead atoms. The van der Waals surface area contributed by atoms with Crippen LogP contribution in [-0.2, 0) is 11.3 Å². The second-order valence-electron chi connectivity index (χ2n) is 6.06. The van der Waals surface area contributed by atoms with Crippen LogP contribution in [0.5, 0.6) is 0 Å². The predicted octanol–water partition coefficient (Wildman–Crippen LogP) is 1.90. The molecule has 0 radical (unpaired) electrons. The Hall–Kier alpha value is -2.18. The SMILES string of the molecule is O=C(CCn1ccnc1)N1CCCC1c1noc(C2CC2)n1. The van der Waals surface area contributed by atoms with Crippen LogP contribution in [0.2, 0.25) is 0 Å². The Morgan fingerprint density at radius 1 is 1.36 bits per heavy atom. The molecule has 1 aliphatic heterocycles. The third-order valence-corrected chi connectivity index (χ3v) is 4.40. The Bertz CT molecular complexity index is 647. The molecule has 3 heterocycles. The summed E-state index contributed by atoms with van der Waals surface area (Å²) in [5, 5.41) is 4.11. The van der Waals surface area contributed by atoms with Crippen molar-refractivity contribution in [2.75, 3.05) is 6.54 Å². The van der Waals surface area contributed by atoms with Gasteiger partial charge in [-0.3, -0.25) is 4.79 Å². The first-order chi connectivity index (χ1) is 10.8. The Morgan fingerprint density at radius 3 is 3.05 bits per heavy atom. The molecule has 2 fully saturated rings. The molecule has 1 saturated heterocycles. The maximum absolute atomic E-state index is 12.5. The lowest BCUT2D eigenvalue weighted by Gasteiger charge is -2.22. The zero-order valence-electron chi connectivity index (χ0n) is 12.4. The van der Waals surface area contributed by atoms with Gasteiger partial charge in [-0.2, -0.15) is 4.98 Å². The minimum atomic E-state index is -0.0217. The van der Waals surface area contributed by atoms with Crippen LogP contribution in [-0.4, -0.2) is 37.0 Å². The number of carbonyl (C=O) groups is 1. The number of aryl methyl sites for hydroxylation is 1. The highest BCUT2D eigenvalue weighted by Crippen LogP contribution is 2.40. The van der Waals surface area contributed by atoms with E-state index in [2.05, 4.69) is 15.1 Å². The van der Waals surface area contributed by atoms with Crippen molar-refractivity contribution in [2.45, 2.75) is 50.6 Å². The number of hydrogen-bond donors (Lipinski definition) is 0. The lowest BCUT2D eigenvalue weighted by molar-refractivity contribution is -0.132. The third kappa shape index (κ3) is 2.63. The number of rotatable bonds is 5. The summed E-state index contributed by atoms with van der Waals surface area (Å²) in [5.74, 6) is 2.02. The molecule has 7 heteroatoms. The normalized spacial score (nSPS) is 21.5. The first-order valence-corrected chi connectivity index (χ1v) is 7.90. The minimum Gasteiger partial charge on any atom is -0.339 e. The number of aromatic nitrogens is 4. The number of carbonyl (C=O) groups excluding carboxylic acids is 1. The molecule has 1 aliphatic carbocycles. The van der Waals surface area contributed by atoms with Gasteiger partial charge in [-0.1, -0.05) is 5.16 Å². The lowest BCUT2D eigenvalue weighted by Crippen LogP contribution is -2.31. The molecule has 7 nitrogen and oxygen atoms in total. The maximum atomic E-state index is 12.5. The molecule has 0 aromatic carbocycles. The van der Waals surface area contributed by atoms with E-state index in [1.54, 1.807) is 12.5 Å². The number of amides is 1. The van der Waals surface area contributed by atoms with Crippen molar-refractivity contribution in [3.05, 3.63) is 30.4 Å². The molecule has 0 spiro atoms. The van der Waals surface area contributed by atoms with E-state index in [1.165, 1.54) is 0 Å². The van der Waals surface area contributed by atoms with E-state index in [0.29, 0.717) is 24.7 Å². The van der Waals surface area contributed by atoms with Crippen LogP contribution < -0.4 is 0 Å². The van der Waals surface area contributed by atoms with Gasteiger partial charge in [-0.25, -0.2) is 4.98 Å². The van der Waals surface area contributed by atoms with Crippen molar-refractivity contribution in [2.24, 2.45) is 0 Å². The van der Waals surface area contributed by atoms with Crippen molar-refractivity contribution in [3.8, 4) is 0 Å². The van der Waals surface area contributed by atoms with E-state index >= 15 is 0 Å². The Kier molecular flexibility index (Phi) is 3.40. The highest BCUT2D eigenvalue weighted by Gasteiger charge is 2.35. The van der Waals surface area contributed by atoms with E-state index in [4.69, 9.17) is 4.52 Å². The Balaban J connectivity index is 1.42. The molecule has 1 unspecified atom stereocenters. The van der Waals surface area contributed by atoms with Crippen LogP contribution in [0.1, 0.15) is 55.8 Å². The van der Waals surface area contributed by atoms with Crippen LogP contribution in [0.3, 0.4) is 0 Å². The number of likely N-dealkylation sites (tertiary alicyclic amines) is 1. The summed E-state index contributed by atoms with van der Waals surface area (Å²) in [5.41, 5.74) is 0. The molecule has 2 aromatic heterocycles. The monoisotopic (exact) mass is 301 g/mol. The topological polar surface area (TPSA) is 77.0 Å². The zero-order chi connectivity index (χ0) is 14.9. The fourth-order valence-electron chi connectivity index (χ4n) is 3.00. The van der Waals surface area contributed by atoms with Crippen molar-refractivity contribution in [1.29, 1.82) is 0 Å². The van der Waals surface area contributed by atoms with Crippen molar-refractivity contribution in [3.63, 3.8) is 0 Å². The first kappa shape index (κ1) is 13.5. The lowest BCUT2D eigenvalue weighted by atomic mass is 10.2. The third-order valence-electron chi connectivity index (χ3n) is 4.40. The van der Waals surface area contributed by atoms with Gasteiger partial charge in [0.1, 0.15) is 0 Å². The molecule has 4 rings (SSSR count). The van der Waals surface area contributed by atoms with Crippen LogP contribution >= 0.6 is 0 Å². The highest BCUT2D eigenvalue weighted by atomic mass is 16.5. The fourth-order valence-corrected chi connectivity index (χ4v) is 3.00. The van der Waals surface area contributed by atoms with Crippen molar-refractivity contribution >= 4 is 5.91 Å². The number of nitrogens with zero attached hydrogens (tertiary/aromatic N) is 5. The number of imidazole rings is 1. The average molecular weight is 301 g/mol. The standard InChI is InChI=1S/C15H19N5O2/c21-13(5-8-19-9-6-16-10-19)20-7-1-2-12(20)14-17-15(22-18-14)11-3-4-11/h6,9-12H,1-5,7-8H2. The maximum Gasteiger partial charge on any atom is 0.229 e. The summed E-state index contributed by atoms with van der Waals surface area (Å²) in [6, 6.07) is -0.0217. The minimum absolute atomic E-state index is 0.0217. The molecule has 1 atom stereocenters. The van der Waals surface area contributed by atoms with Crippen molar-refractivity contribution < 1.29 is 9.32 Å². The molecular weight excluding hydrogens is 282 g/mol. The molecule has 2 aliphatic rings. The summed E-state index contributed by atoms with van der Waals surface area (Å²) in [6.45, 7) is 1.43. The van der Waals surface area contributed by atoms with Gasteiger partial charge in [0.15, 0.2) is 5.82 Å². The van der Waals surface area contributed by atoms with Gasteiger partial charge in [-0.05, 0) is 25.7 Å². The van der Waals surface area contributed by atoms with Gasteiger partial charge in [0.25, 0.3) is 0 Å². The van der Waals surface area contributed by atoms with E-state index in [1.807, 2.05) is 15.7 Å². The highest BCUT2D eigenvalue weighted by molar-refractivity contribution is 5.76. The van der Waals surface area contributed by atoms with Crippen LogP contribution in [0, 0.1) is 0 Å². The quantitative estimate of drug-likeness (QED) is 0.843. The molecule has 116 valence electrons. The van der Waals surface area contributed by atoms with Crippen LogP contribution in [0.4, 0.5) is 0 Å². The smallest absolute Gasteiger partial charge is 0.229 e. The summed E-state index contributed by atoms with van der Waals surface area (Å²) in [6.07, 6.45) is 9.99. The van der Waals surface area contributed by atoms with Crippen LogP contribution in [0.25, 0.3) is 0 Å². The zero-order valence-corrected chi connectivity index (χ0v) is 12.4. The summed E-state index contributed by atoms with van der Waals surface area (Å²) < 4.78 is 7.26. The average Bonchev–Trinajstić information content (AvgIpc) is 3.02. The molecule has 0 N–H and O–H groups in total. The molecule has 2 aromatic rings. The number of hydrogen-bond acceptors (Lipinski definition) is 5. The van der Waals surface area contributed by atoms with Crippen LogP contribution in [0.15, 0.2) is 23.2 Å². The Morgan fingerprint density at radius 2 is 2.27 bits per heavy atom. The summed E-state index contributed by atoms with van der Waals surface area (Å²) in [4.78, 5) is 22.9. The van der Waals surface area contributed by atoms with E-state index in [9.17, 15) is 4.79 Å². The second-order valence-corrected chi connectivity index (χ2v) is 6.06.